The SMILES string of the molecule is C[C@H](O)C[C@@H]1COCCN1C(=O)NCC(C1CC1)C1CC1. The van der Waals surface area contributed by atoms with Gasteiger partial charge in [0.2, 0.25) is 0 Å². The van der Waals surface area contributed by atoms with E-state index in [2.05, 4.69) is 5.32 Å². The van der Waals surface area contributed by atoms with E-state index in [-0.39, 0.29) is 12.1 Å². The van der Waals surface area contributed by atoms with E-state index in [0.717, 1.165) is 18.4 Å². The van der Waals surface area contributed by atoms with E-state index in [1.807, 2.05) is 4.90 Å². The van der Waals surface area contributed by atoms with E-state index < -0.39 is 6.10 Å². The predicted molar refractivity (Wildman–Crippen MR) is 79.9 cm³/mol. The van der Waals surface area contributed by atoms with Gasteiger partial charge < -0.3 is 20.1 Å². The van der Waals surface area contributed by atoms with E-state index in [4.69, 9.17) is 4.74 Å². The van der Waals surface area contributed by atoms with Crippen molar-refractivity contribution in [1.82, 2.24) is 10.2 Å². The molecule has 1 heterocycles. The second-order valence-electron chi connectivity index (χ2n) is 7.03. The normalized spacial score (nSPS) is 27.8. The van der Waals surface area contributed by atoms with Crippen LogP contribution < -0.4 is 5.32 Å². The number of nitrogens with zero attached hydrogens (tertiary/aromatic N) is 1. The zero-order valence-corrected chi connectivity index (χ0v) is 13.0. The highest BCUT2D eigenvalue weighted by Crippen LogP contribution is 2.48. The van der Waals surface area contributed by atoms with Gasteiger partial charge in [0.15, 0.2) is 0 Å². The molecule has 2 aliphatic carbocycles. The second kappa shape index (κ2) is 6.53. The van der Waals surface area contributed by atoms with E-state index in [1.54, 1.807) is 6.92 Å². The first-order valence-corrected chi connectivity index (χ1v) is 8.45. The van der Waals surface area contributed by atoms with Crippen LogP contribution in [0, 0.1) is 17.8 Å². The van der Waals surface area contributed by atoms with Crippen LogP contribution in [0.15, 0.2) is 0 Å². The zero-order valence-electron chi connectivity index (χ0n) is 13.0. The maximum absolute atomic E-state index is 12.5. The van der Waals surface area contributed by atoms with Crippen molar-refractivity contribution < 1.29 is 14.6 Å². The monoisotopic (exact) mass is 296 g/mol. The third-order valence-corrected chi connectivity index (χ3v) is 5.05. The number of morpholine rings is 1. The van der Waals surface area contributed by atoms with Crippen LogP contribution in [0.25, 0.3) is 0 Å². The molecule has 0 aromatic heterocycles. The number of ether oxygens (including phenoxy) is 1. The summed E-state index contributed by atoms with van der Waals surface area (Å²) in [5.74, 6) is 2.41. The Morgan fingerprint density at radius 1 is 1.33 bits per heavy atom. The molecule has 0 aromatic carbocycles. The highest BCUT2D eigenvalue weighted by molar-refractivity contribution is 5.74. The fourth-order valence-corrected chi connectivity index (χ4v) is 3.58. The Balaban J connectivity index is 1.50. The van der Waals surface area contributed by atoms with Crippen molar-refractivity contribution in [2.45, 2.75) is 51.2 Å². The summed E-state index contributed by atoms with van der Waals surface area (Å²) in [5, 5.41) is 12.7. The van der Waals surface area contributed by atoms with Crippen molar-refractivity contribution in [3.8, 4) is 0 Å². The summed E-state index contributed by atoms with van der Waals surface area (Å²) in [6.45, 7) is 4.35. The molecule has 5 heteroatoms. The lowest BCUT2D eigenvalue weighted by atomic mass is 9.98. The number of rotatable bonds is 6. The maximum atomic E-state index is 12.5. The summed E-state index contributed by atoms with van der Waals surface area (Å²) in [4.78, 5) is 14.3. The van der Waals surface area contributed by atoms with Gasteiger partial charge in [-0.1, -0.05) is 0 Å². The molecule has 3 fully saturated rings. The van der Waals surface area contributed by atoms with Crippen LogP contribution in [0.2, 0.25) is 0 Å². The summed E-state index contributed by atoms with van der Waals surface area (Å²) >= 11 is 0. The van der Waals surface area contributed by atoms with Gasteiger partial charge in [0, 0.05) is 13.1 Å². The van der Waals surface area contributed by atoms with Crippen LogP contribution in [0.1, 0.15) is 39.0 Å². The van der Waals surface area contributed by atoms with E-state index in [1.165, 1.54) is 25.7 Å². The Morgan fingerprint density at radius 3 is 2.57 bits per heavy atom. The minimum Gasteiger partial charge on any atom is -0.393 e. The first kappa shape index (κ1) is 15.1. The Morgan fingerprint density at radius 2 is 2.00 bits per heavy atom. The van der Waals surface area contributed by atoms with Gasteiger partial charge in [0.05, 0.1) is 25.4 Å². The second-order valence-corrected chi connectivity index (χ2v) is 7.03. The Hall–Kier alpha value is -0.810. The van der Waals surface area contributed by atoms with E-state index in [0.29, 0.717) is 32.1 Å². The Kier molecular flexibility index (Phi) is 4.69. The predicted octanol–water partition coefficient (Wildman–Crippen LogP) is 1.60. The lowest BCUT2D eigenvalue weighted by Gasteiger charge is -2.36. The third kappa shape index (κ3) is 4.10. The highest BCUT2D eigenvalue weighted by atomic mass is 16.5. The summed E-state index contributed by atoms with van der Waals surface area (Å²) in [6, 6.07) is 0.0225. The number of hydrogen-bond donors (Lipinski definition) is 2. The molecule has 2 atom stereocenters. The molecule has 0 spiro atoms. The average molecular weight is 296 g/mol. The molecule has 21 heavy (non-hydrogen) atoms. The lowest BCUT2D eigenvalue weighted by molar-refractivity contribution is -0.00452. The Bertz CT molecular complexity index is 355. The molecule has 0 radical (unpaired) electrons. The van der Waals surface area contributed by atoms with Gasteiger partial charge in [-0.25, -0.2) is 4.79 Å². The van der Waals surface area contributed by atoms with Gasteiger partial charge in [-0.3, -0.25) is 0 Å². The molecule has 0 aromatic rings. The summed E-state index contributed by atoms with van der Waals surface area (Å²) in [7, 11) is 0. The van der Waals surface area contributed by atoms with E-state index in [9.17, 15) is 9.90 Å². The minimum absolute atomic E-state index is 0.000880. The van der Waals surface area contributed by atoms with Gasteiger partial charge in [-0.05, 0) is 56.8 Å². The smallest absolute Gasteiger partial charge is 0.317 e. The van der Waals surface area contributed by atoms with Crippen LogP contribution in [0.3, 0.4) is 0 Å². The van der Waals surface area contributed by atoms with Crippen molar-refractivity contribution in [3.63, 3.8) is 0 Å². The van der Waals surface area contributed by atoms with Gasteiger partial charge >= 0.3 is 6.03 Å². The molecular weight excluding hydrogens is 268 g/mol. The number of aliphatic hydroxyl groups excluding tert-OH is 1. The van der Waals surface area contributed by atoms with Crippen LogP contribution in [0.5, 0.6) is 0 Å². The van der Waals surface area contributed by atoms with Crippen molar-refractivity contribution >= 4 is 6.03 Å². The number of carbonyl (C=O) groups is 1. The van der Waals surface area contributed by atoms with Crippen molar-refractivity contribution in [2.75, 3.05) is 26.3 Å². The maximum Gasteiger partial charge on any atom is 0.317 e. The fourth-order valence-electron chi connectivity index (χ4n) is 3.58. The van der Waals surface area contributed by atoms with Gasteiger partial charge in [-0.2, -0.15) is 0 Å². The molecule has 0 bridgehead atoms. The fraction of sp³-hybridized carbons (Fsp3) is 0.938. The zero-order chi connectivity index (χ0) is 14.8. The number of aliphatic hydroxyl groups is 1. The minimum atomic E-state index is -0.405. The Labute approximate surface area is 127 Å². The van der Waals surface area contributed by atoms with Crippen LogP contribution in [0.4, 0.5) is 4.79 Å². The number of amides is 2. The van der Waals surface area contributed by atoms with Crippen molar-refractivity contribution in [2.24, 2.45) is 17.8 Å². The largest absolute Gasteiger partial charge is 0.393 e. The molecule has 0 unspecified atom stereocenters. The average Bonchev–Trinajstić information content (AvgIpc) is 3.32. The van der Waals surface area contributed by atoms with Crippen LogP contribution in [-0.4, -0.2) is 54.5 Å². The van der Waals surface area contributed by atoms with Crippen molar-refractivity contribution in [3.05, 3.63) is 0 Å². The molecular formula is C16H28N2O3. The first-order chi connectivity index (χ1) is 10.1. The first-order valence-electron chi connectivity index (χ1n) is 8.45. The third-order valence-electron chi connectivity index (χ3n) is 5.05. The quantitative estimate of drug-likeness (QED) is 0.782. The van der Waals surface area contributed by atoms with Gasteiger partial charge in [-0.15, -0.1) is 0 Å². The number of nitrogens with one attached hydrogen (secondary N) is 1. The molecule has 2 amide bonds. The molecule has 3 aliphatic rings. The molecule has 120 valence electrons. The standard InChI is InChI=1S/C16H28N2O3/c1-11(19)8-14-10-21-7-6-18(14)16(20)17-9-15(12-2-3-12)13-4-5-13/h11-15,19H,2-10H2,1H3,(H,17,20)/t11-,14+/m0/s1. The summed E-state index contributed by atoms with van der Waals surface area (Å²) in [5.41, 5.74) is 0. The molecule has 1 saturated heterocycles. The van der Waals surface area contributed by atoms with Crippen LogP contribution >= 0.6 is 0 Å². The number of hydrogen-bond acceptors (Lipinski definition) is 3. The van der Waals surface area contributed by atoms with Gasteiger partial charge in [0.1, 0.15) is 0 Å². The summed E-state index contributed by atoms with van der Waals surface area (Å²) in [6.07, 6.45) is 5.57. The molecule has 5 nitrogen and oxygen atoms in total. The molecule has 2 saturated carbocycles. The highest BCUT2D eigenvalue weighted by Gasteiger charge is 2.41. The molecule has 3 rings (SSSR count). The molecule has 2 N–H and O–H groups in total. The van der Waals surface area contributed by atoms with Gasteiger partial charge in [0.25, 0.3) is 0 Å². The lowest BCUT2D eigenvalue weighted by Crippen LogP contribution is -2.54. The molecule has 1 aliphatic heterocycles. The number of urea groups is 1. The van der Waals surface area contributed by atoms with Crippen molar-refractivity contribution in [1.29, 1.82) is 0 Å². The van der Waals surface area contributed by atoms with E-state index >= 15 is 0 Å². The topological polar surface area (TPSA) is 61.8 Å². The number of carbonyl (C=O) groups excluding carboxylic acids is 1. The van der Waals surface area contributed by atoms with Crippen LogP contribution in [-0.2, 0) is 4.74 Å². The summed E-state index contributed by atoms with van der Waals surface area (Å²) < 4.78 is 5.45.